The van der Waals surface area contributed by atoms with Crippen molar-refractivity contribution in [2.45, 2.75) is 18.8 Å². The molecule has 3 aromatic rings. The van der Waals surface area contributed by atoms with Crippen molar-refractivity contribution in [3.8, 4) is 5.69 Å². The average molecular weight is 472 g/mol. The van der Waals surface area contributed by atoms with Gasteiger partial charge in [0.15, 0.2) is 0 Å². The number of pyridine rings is 1. The van der Waals surface area contributed by atoms with Crippen molar-refractivity contribution in [1.82, 2.24) is 19.4 Å². The van der Waals surface area contributed by atoms with E-state index in [0.29, 0.717) is 16.8 Å². The van der Waals surface area contributed by atoms with Crippen molar-refractivity contribution in [3.63, 3.8) is 0 Å². The Labute approximate surface area is 195 Å². The van der Waals surface area contributed by atoms with Crippen LogP contribution >= 0.6 is 0 Å². The van der Waals surface area contributed by atoms with Crippen LogP contribution in [-0.4, -0.2) is 86.7 Å². The summed E-state index contributed by atoms with van der Waals surface area (Å²) < 4.78 is 28.6. The van der Waals surface area contributed by atoms with Crippen molar-refractivity contribution in [3.05, 3.63) is 59.9 Å². The number of rotatable bonds is 7. The average Bonchev–Trinajstić information content (AvgIpc) is 3.26. The maximum absolute atomic E-state index is 13.4. The molecular weight excluding hydrogens is 446 g/mol. The number of carbonyl (C=O) groups excluding carboxylic acids is 2. The van der Waals surface area contributed by atoms with E-state index in [1.54, 1.807) is 36.5 Å². The van der Waals surface area contributed by atoms with E-state index in [1.165, 1.54) is 16.0 Å². The Morgan fingerprint density at radius 1 is 1.00 bits per heavy atom. The van der Waals surface area contributed by atoms with Gasteiger partial charge in [-0.2, -0.15) is 0 Å². The van der Waals surface area contributed by atoms with Gasteiger partial charge in [-0.1, -0.05) is 0 Å². The normalized spacial score (nSPS) is 15.5. The third kappa shape index (κ3) is 4.92. The zero-order valence-corrected chi connectivity index (χ0v) is 18.5. The van der Waals surface area contributed by atoms with E-state index in [1.807, 2.05) is 10.6 Å². The number of aliphatic hydroxyl groups excluding tert-OH is 2. The van der Waals surface area contributed by atoms with Gasteiger partial charge in [0.05, 0.1) is 18.8 Å². The first-order valence-electron chi connectivity index (χ1n) is 11.1. The summed E-state index contributed by atoms with van der Waals surface area (Å²) in [4.78, 5) is 32.6. The van der Waals surface area contributed by atoms with Crippen molar-refractivity contribution in [2.24, 2.45) is 0 Å². The quantitative estimate of drug-likeness (QED) is 0.550. The number of aliphatic hydroxyl groups is 2. The molecule has 1 fully saturated rings. The van der Waals surface area contributed by atoms with Gasteiger partial charge in [-0.15, -0.1) is 0 Å². The number of hydrogen-bond donors (Lipinski definition) is 2. The Balaban J connectivity index is 1.52. The van der Waals surface area contributed by atoms with Gasteiger partial charge in [0.2, 0.25) is 0 Å². The van der Waals surface area contributed by atoms with Crippen molar-refractivity contribution >= 4 is 22.8 Å². The van der Waals surface area contributed by atoms with Gasteiger partial charge in [-0.25, -0.2) is 13.8 Å². The predicted molar refractivity (Wildman–Crippen MR) is 121 cm³/mol. The predicted octanol–water partition coefficient (Wildman–Crippen LogP) is 2.32. The van der Waals surface area contributed by atoms with Gasteiger partial charge in [-0.3, -0.25) is 9.59 Å². The maximum Gasteiger partial charge on any atom is 0.255 e. The van der Waals surface area contributed by atoms with Crippen molar-refractivity contribution in [1.29, 1.82) is 0 Å². The number of nitrogens with zero attached hydrogens (tertiary/aromatic N) is 4. The van der Waals surface area contributed by atoms with Gasteiger partial charge in [0, 0.05) is 68.1 Å². The third-order valence-electron chi connectivity index (χ3n) is 5.98. The Bertz CT molecular complexity index is 1160. The number of likely N-dealkylation sites (tertiary alicyclic amines) is 1. The van der Waals surface area contributed by atoms with Crippen LogP contribution in [0.2, 0.25) is 0 Å². The van der Waals surface area contributed by atoms with Crippen LogP contribution in [0.4, 0.5) is 8.78 Å². The van der Waals surface area contributed by atoms with Crippen LogP contribution < -0.4 is 0 Å². The summed E-state index contributed by atoms with van der Waals surface area (Å²) in [6, 6.07) is 10.4. The van der Waals surface area contributed by atoms with Gasteiger partial charge < -0.3 is 24.6 Å². The van der Waals surface area contributed by atoms with E-state index in [4.69, 9.17) is 10.2 Å². The first-order valence-corrected chi connectivity index (χ1v) is 11.1. The monoisotopic (exact) mass is 472 g/mol. The molecule has 0 unspecified atom stereocenters. The molecule has 1 aliphatic rings. The Morgan fingerprint density at radius 3 is 2.26 bits per heavy atom. The molecule has 8 nitrogen and oxygen atoms in total. The fraction of sp³-hybridized carbons (Fsp3) is 0.375. The van der Waals surface area contributed by atoms with Crippen LogP contribution in [-0.2, 0) is 0 Å². The minimum atomic E-state index is -2.72. The second kappa shape index (κ2) is 9.86. The first-order chi connectivity index (χ1) is 16.3. The van der Waals surface area contributed by atoms with Gasteiger partial charge in [0.1, 0.15) is 5.65 Å². The van der Waals surface area contributed by atoms with E-state index in [2.05, 4.69) is 4.98 Å². The fourth-order valence-corrected chi connectivity index (χ4v) is 4.07. The number of hydrogen-bond acceptors (Lipinski definition) is 5. The van der Waals surface area contributed by atoms with E-state index >= 15 is 0 Å². The number of aromatic nitrogens is 2. The molecule has 1 aromatic carbocycles. The van der Waals surface area contributed by atoms with E-state index in [9.17, 15) is 18.4 Å². The molecule has 180 valence electrons. The van der Waals surface area contributed by atoms with E-state index < -0.39 is 5.92 Å². The molecule has 0 bridgehead atoms. The highest BCUT2D eigenvalue weighted by Crippen LogP contribution is 2.29. The highest BCUT2D eigenvalue weighted by molar-refractivity contribution is 5.97. The molecule has 0 radical (unpaired) electrons. The van der Waals surface area contributed by atoms with Crippen molar-refractivity contribution in [2.75, 3.05) is 39.4 Å². The standard InChI is InChI=1S/C24H26F2N4O4/c25-24(26)6-9-28(10-7-24)23(34)19-15-18-5-8-30(21(18)27-16-19)20-3-1-17(2-4-20)22(33)29(11-13-31)12-14-32/h1-5,8,15-16,31-32H,6-7,9-14H2. The van der Waals surface area contributed by atoms with Crippen LogP contribution in [0.1, 0.15) is 33.6 Å². The number of piperidine rings is 1. The zero-order chi connectivity index (χ0) is 24.3. The lowest BCUT2D eigenvalue weighted by molar-refractivity contribution is -0.0494. The molecule has 0 atom stereocenters. The highest BCUT2D eigenvalue weighted by atomic mass is 19.3. The molecule has 2 aromatic heterocycles. The molecule has 34 heavy (non-hydrogen) atoms. The number of benzene rings is 1. The fourth-order valence-electron chi connectivity index (χ4n) is 4.07. The minimum absolute atomic E-state index is 0.0178. The smallest absolute Gasteiger partial charge is 0.255 e. The molecule has 0 saturated carbocycles. The zero-order valence-electron chi connectivity index (χ0n) is 18.5. The molecule has 0 spiro atoms. The van der Waals surface area contributed by atoms with E-state index in [-0.39, 0.29) is 64.0 Å². The second-order valence-corrected chi connectivity index (χ2v) is 8.26. The summed E-state index contributed by atoms with van der Waals surface area (Å²) in [6.07, 6.45) is 2.59. The number of halogens is 2. The molecule has 10 heteroatoms. The van der Waals surface area contributed by atoms with Crippen LogP contribution in [0.25, 0.3) is 16.7 Å². The number of carbonyl (C=O) groups is 2. The third-order valence-corrected chi connectivity index (χ3v) is 5.98. The lowest BCUT2D eigenvalue weighted by atomic mass is 10.1. The van der Waals surface area contributed by atoms with Gasteiger partial charge in [0.25, 0.3) is 17.7 Å². The molecule has 2 N–H and O–H groups in total. The largest absolute Gasteiger partial charge is 0.395 e. The lowest BCUT2D eigenvalue weighted by Gasteiger charge is -2.31. The molecule has 3 heterocycles. The molecule has 4 rings (SSSR count). The minimum Gasteiger partial charge on any atom is -0.395 e. The first kappa shape index (κ1) is 23.8. The van der Waals surface area contributed by atoms with Crippen LogP contribution in [0.3, 0.4) is 0 Å². The maximum atomic E-state index is 13.4. The van der Waals surface area contributed by atoms with E-state index in [0.717, 1.165) is 11.1 Å². The molecule has 0 aliphatic carbocycles. The van der Waals surface area contributed by atoms with Crippen LogP contribution in [0, 0.1) is 0 Å². The van der Waals surface area contributed by atoms with Crippen LogP contribution in [0.15, 0.2) is 48.8 Å². The molecule has 1 saturated heterocycles. The lowest BCUT2D eigenvalue weighted by Crippen LogP contribution is -2.42. The van der Waals surface area contributed by atoms with Gasteiger partial charge >= 0.3 is 0 Å². The Morgan fingerprint density at radius 2 is 1.65 bits per heavy atom. The summed E-state index contributed by atoms with van der Waals surface area (Å²) in [7, 11) is 0. The number of alkyl halides is 2. The summed E-state index contributed by atoms with van der Waals surface area (Å²) >= 11 is 0. The SMILES string of the molecule is O=C(c1ccc(-n2ccc3cc(C(=O)N4CCC(F)(F)CC4)cnc32)cc1)N(CCO)CCO. The molecule has 1 aliphatic heterocycles. The molecule has 2 amide bonds. The summed E-state index contributed by atoms with van der Waals surface area (Å²) in [5.41, 5.74) is 2.15. The highest BCUT2D eigenvalue weighted by Gasteiger charge is 2.35. The Hall–Kier alpha value is -3.37. The summed E-state index contributed by atoms with van der Waals surface area (Å²) in [5, 5.41) is 19.0. The topological polar surface area (TPSA) is 98.9 Å². The summed E-state index contributed by atoms with van der Waals surface area (Å²) in [6.45, 7) is -0.0877. The summed E-state index contributed by atoms with van der Waals surface area (Å²) in [5.74, 6) is -3.31. The Kier molecular flexibility index (Phi) is 6.90. The molecular formula is C24H26F2N4O4. The second-order valence-electron chi connectivity index (χ2n) is 8.26. The number of fused-ring (bicyclic) bond motifs is 1. The van der Waals surface area contributed by atoms with Crippen molar-refractivity contribution < 1.29 is 28.6 Å². The van der Waals surface area contributed by atoms with Gasteiger partial charge in [-0.05, 0) is 36.4 Å². The van der Waals surface area contributed by atoms with Crippen LogP contribution in [0.5, 0.6) is 0 Å². The number of amides is 2.